The van der Waals surface area contributed by atoms with Crippen molar-refractivity contribution in [2.45, 2.75) is 32.1 Å². The van der Waals surface area contributed by atoms with Gasteiger partial charge in [0.05, 0.1) is 5.69 Å². The lowest BCUT2D eigenvalue weighted by atomic mass is 9.95. The summed E-state index contributed by atoms with van der Waals surface area (Å²) in [6, 6.07) is 7.62. The highest BCUT2D eigenvalue weighted by Crippen LogP contribution is 2.24. The molecule has 0 radical (unpaired) electrons. The van der Waals surface area contributed by atoms with Crippen LogP contribution in [0.25, 0.3) is 0 Å². The molecular formula is C17H23BrN2O3. The summed E-state index contributed by atoms with van der Waals surface area (Å²) < 4.78 is 0.893. The first-order chi connectivity index (χ1) is 11.1. The highest BCUT2D eigenvalue weighted by atomic mass is 79.9. The average molecular weight is 383 g/mol. The molecule has 126 valence electrons. The van der Waals surface area contributed by atoms with Gasteiger partial charge in [0.2, 0.25) is 5.91 Å². The number of aliphatic carboxylic acids is 1. The summed E-state index contributed by atoms with van der Waals surface area (Å²) in [6.07, 6.45) is 3.58. The predicted molar refractivity (Wildman–Crippen MR) is 93.4 cm³/mol. The summed E-state index contributed by atoms with van der Waals surface area (Å²) >= 11 is 3.44. The minimum atomic E-state index is -0.729. The van der Waals surface area contributed by atoms with E-state index in [-0.39, 0.29) is 18.2 Å². The number of likely N-dealkylation sites (tertiary alicyclic amines) is 1. The number of carboxylic acid groups (broad SMARTS) is 1. The first kappa shape index (κ1) is 17.9. The van der Waals surface area contributed by atoms with E-state index in [2.05, 4.69) is 26.1 Å². The van der Waals surface area contributed by atoms with Crippen LogP contribution in [0.5, 0.6) is 0 Å². The lowest BCUT2D eigenvalue weighted by Crippen LogP contribution is -2.38. The van der Waals surface area contributed by atoms with Crippen LogP contribution in [0, 0.1) is 5.92 Å². The van der Waals surface area contributed by atoms with Crippen molar-refractivity contribution in [2.24, 2.45) is 5.92 Å². The summed E-state index contributed by atoms with van der Waals surface area (Å²) in [6.45, 7) is 2.73. The number of carbonyl (C=O) groups excluding carboxylic acids is 1. The first-order valence-corrected chi connectivity index (χ1v) is 8.85. The largest absolute Gasteiger partial charge is 0.481 e. The standard InChI is InChI=1S/C17H23BrN2O3/c18-14-5-1-2-6-15(14)19-17(23)13-8-11-20(12-9-13)10-4-3-7-16(21)22/h1-2,5-6,13H,3-4,7-12H2,(H,19,23)(H,21,22). The van der Waals surface area contributed by atoms with E-state index >= 15 is 0 Å². The molecule has 1 saturated heterocycles. The SMILES string of the molecule is O=C(O)CCCCN1CCC(C(=O)Nc2ccccc2Br)CC1. The molecule has 5 nitrogen and oxygen atoms in total. The number of amides is 1. The van der Waals surface area contributed by atoms with Crippen LogP contribution in [-0.2, 0) is 9.59 Å². The second-order valence-electron chi connectivity index (χ2n) is 5.94. The van der Waals surface area contributed by atoms with Gasteiger partial charge in [0.1, 0.15) is 0 Å². The Balaban J connectivity index is 1.70. The lowest BCUT2D eigenvalue weighted by Gasteiger charge is -2.31. The van der Waals surface area contributed by atoms with Crippen LogP contribution in [0.3, 0.4) is 0 Å². The monoisotopic (exact) mass is 382 g/mol. The van der Waals surface area contributed by atoms with E-state index in [0.717, 1.165) is 55.5 Å². The Kier molecular flexibility index (Phi) is 7.05. The quantitative estimate of drug-likeness (QED) is 0.709. The summed E-state index contributed by atoms with van der Waals surface area (Å²) in [7, 11) is 0. The zero-order valence-electron chi connectivity index (χ0n) is 13.1. The molecule has 0 unspecified atom stereocenters. The number of anilines is 1. The Morgan fingerprint density at radius 1 is 1.22 bits per heavy atom. The summed E-state index contributed by atoms with van der Waals surface area (Å²) in [5.74, 6) is -0.591. The van der Waals surface area contributed by atoms with Crippen molar-refractivity contribution in [1.29, 1.82) is 0 Å². The highest BCUT2D eigenvalue weighted by Gasteiger charge is 2.25. The maximum Gasteiger partial charge on any atom is 0.303 e. The van der Waals surface area contributed by atoms with Gasteiger partial charge in [-0.25, -0.2) is 0 Å². The van der Waals surface area contributed by atoms with Crippen LogP contribution < -0.4 is 5.32 Å². The van der Waals surface area contributed by atoms with Gasteiger partial charge in [-0.3, -0.25) is 9.59 Å². The number of para-hydroxylation sites is 1. The topological polar surface area (TPSA) is 69.6 Å². The summed E-state index contributed by atoms with van der Waals surface area (Å²) in [5, 5.41) is 11.6. The number of unbranched alkanes of at least 4 members (excludes halogenated alkanes) is 1. The molecule has 2 rings (SSSR count). The molecule has 0 saturated carbocycles. The van der Waals surface area contributed by atoms with Gasteiger partial charge in [0, 0.05) is 16.8 Å². The smallest absolute Gasteiger partial charge is 0.303 e. The second-order valence-corrected chi connectivity index (χ2v) is 6.79. The van der Waals surface area contributed by atoms with Gasteiger partial charge in [0.15, 0.2) is 0 Å². The Morgan fingerprint density at radius 3 is 2.57 bits per heavy atom. The molecular weight excluding hydrogens is 360 g/mol. The van der Waals surface area contributed by atoms with Gasteiger partial charge in [0.25, 0.3) is 0 Å². The Labute approximate surface area is 145 Å². The number of carbonyl (C=O) groups is 2. The second kappa shape index (κ2) is 9.03. The van der Waals surface area contributed by atoms with Gasteiger partial charge in [-0.15, -0.1) is 0 Å². The first-order valence-electron chi connectivity index (χ1n) is 8.06. The Bertz CT molecular complexity index is 542. The molecule has 0 aromatic heterocycles. The number of piperidine rings is 1. The zero-order valence-corrected chi connectivity index (χ0v) is 14.7. The molecule has 0 spiro atoms. The number of hydrogen-bond donors (Lipinski definition) is 2. The highest BCUT2D eigenvalue weighted by molar-refractivity contribution is 9.10. The van der Waals surface area contributed by atoms with E-state index in [1.165, 1.54) is 0 Å². The molecule has 0 aliphatic carbocycles. The van der Waals surface area contributed by atoms with E-state index < -0.39 is 5.97 Å². The number of benzene rings is 1. The third-order valence-corrected chi connectivity index (χ3v) is 4.90. The molecule has 1 fully saturated rings. The molecule has 6 heteroatoms. The van der Waals surface area contributed by atoms with Crippen LogP contribution in [0.4, 0.5) is 5.69 Å². The lowest BCUT2D eigenvalue weighted by molar-refractivity contribution is -0.137. The Morgan fingerprint density at radius 2 is 1.91 bits per heavy atom. The van der Waals surface area contributed by atoms with E-state index in [0.29, 0.717) is 0 Å². The van der Waals surface area contributed by atoms with Gasteiger partial charge in [-0.1, -0.05) is 12.1 Å². The summed E-state index contributed by atoms with van der Waals surface area (Å²) in [5.41, 5.74) is 0.814. The van der Waals surface area contributed by atoms with E-state index in [9.17, 15) is 9.59 Å². The number of nitrogens with one attached hydrogen (secondary N) is 1. The van der Waals surface area contributed by atoms with Crippen LogP contribution >= 0.6 is 15.9 Å². The molecule has 1 amide bonds. The van der Waals surface area contributed by atoms with Crippen molar-refractivity contribution < 1.29 is 14.7 Å². The van der Waals surface area contributed by atoms with Crippen molar-refractivity contribution in [2.75, 3.05) is 25.0 Å². The summed E-state index contributed by atoms with van der Waals surface area (Å²) in [4.78, 5) is 25.2. The molecule has 1 heterocycles. The zero-order chi connectivity index (χ0) is 16.7. The third kappa shape index (κ3) is 5.95. The molecule has 2 N–H and O–H groups in total. The maximum atomic E-state index is 12.3. The number of halogens is 1. The molecule has 23 heavy (non-hydrogen) atoms. The maximum absolute atomic E-state index is 12.3. The van der Waals surface area contributed by atoms with Gasteiger partial charge in [-0.05, 0) is 73.4 Å². The van der Waals surface area contributed by atoms with Crippen LogP contribution in [-0.4, -0.2) is 41.5 Å². The molecule has 1 aliphatic heterocycles. The molecule has 1 aliphatic rings. The predicted octanol–water partition coefficient (Wildman–Crippen LogP) is 3.35. The van der Waals surface area contributed by atoms with Crippen molar-refractivity contribution in [3.63, 3.8) is 0 Å². The molecule has 1 aromatic carbocycles. The normalized spacial score (nSPS) is 16.2. The van der Waals surface area contributed by atoms with Crippen LogP contribution in [0.15, 0.2) is 28.7 Å². The minimum Gasteiger partial charge on any atom is -0.481 e. The van der Waals surface area contributed by atoms with Crippen molar-refractivity contribution in [3.8, 4) is 0 Å². The fourth-order valence-corrected chi connectivity index (χ4v) is 3.21. The van der Waals surface area contributed by atoms with Crippen LogP contribution in [0.1, 0.15) is 32.1 Å². The fourth-order valence-electron chi connectivity index (χ4n) is 2.83. The van der Waals surface area contributed by atoms with Crippen molar-refractivity contribution in [1.82, 2.24) is 4.90 Å². The van der Waals surface area contributed by atoms with E-state index in [4.69, 9.17) is 5.11 Å². The van der Waals surface area contributed by atoms with Gasteiger partial charge < -0.3 is 15.3 Å². The number of hydrogen-bond acceptors (Lipinski definition) is 3. The Hall–Kier alpha value is -1.40. The van der Waals surface area contributed by atoms with Crippen molar-refractivity contribution >= 4 is 33.5 Å². The third-order valence-electron chi connectivity index (χ3n) is 4.21. The van der Waals surface area contributed by atoms with Crippen molar-refractivity contribution in [3.05, 3.63) is 28.7 Å². The average Bonchev–Trinajstić information content (AvgIpc) is 2.54. The van der Waals surface area contributed by atoms with E-state index in [1.807, 2.05) is 24.3 Å². The van der Waals surface area contributed by atoms with E-state index in [1.54, 1.807) is 0 Å². The molecule has 0 atom stereocenters. The molecule has 1 aromatic rings. The number of rotatable bonds is 7. The van der Waals surface area contributed by atoms with Crippen LogP contribution in [0.2, 0.25) is 0 Å². The minimum absolute atomic E-state index is 0.0531. The van der Waals surface area contributed by atoms with Gasteiger partial charge >= 0.3 is 5.97 Å². The van der Waals surface area contributed by atoms with Gasteiger partial charge in [-0.2, -0.15) is 0 Å². The fraction of sp³-hybridized carbons (Fsp3) is 0.529. The number of carboxylic acids is 1. The number of nitrogens with zero attached hydrogens (tertiary/aromatic N) is 1. The molecule has 0 bridgehead atoms.